The minimum atomic E-state index is -1.06. The predicted octanol–water partition coefficient (Wildman–Crippen LogP) is 2.57. The number of nitriles is 1. The zero-order valence-electron chi connectivity index (χ0n) is 14.6. The van der Waals surface area contributed by atoms with E-state index >= 15 is 0 Å². The molecular weight excluding hydrogens is 330 g/mol. The first kappa shape index (κ1) is 17.5. The molecule has 3 rings (SSSR count). The highest BCUT2D eigenvalue weighted by molar-refractivity contribution is 5.85. The Morgan fingerprint density at radius 3 is 2.54 bits per heavy atom. The molecule has 0 bridgehead atoms. The van der Waals surface area contributed by atoms with Crippen molar-refractivity contribution in [1.29, 1.82) is 5.26 Å². The van der Waals surface area contributed by atoms with E-state index in [2.05, 4.69) is 20.8 Å². The number of carboxylic acids is 1. The van der Waals surface area contributed by atoms with E-state index in [1.807, 2.05) is 26.0 Å². The number of nitrogens with two attached hydrogens (primary N) is 1. The summed E-state index contributed by atoms with van der Waals surface area (Å²) >= 11 is 0. The first-order chi connectivity index (χ1) is 12.5. The Balaban J connectivity index is 2.05. The number of benzene rings is 1. The smallest absolute Gasteiger partial charge is 0.356 e. The van der Waals surface area contributed by atoms with E-state index in [4.69, 9.17) is 16.1 Å². The number of hydrogen-bond acceptors (Lipinski definition) is 4. The molecule has 26 heavy (non-hydrogen) atoms. The molecular formula is C19H19N5O2. The summed E-state index contributed by atoms with van der Waals surface area (Å²) in [6.07, 6.45) is 0. The van der Waals surface area contributed by atoms with Crippen LogP contribution in [0.3, 0.4) is 0 Å². The normalized spacial score (nSPS) is 10.7. The van der Waals surface area contributed by atoms with Crippen LogP contribution in [-0.4, -0.2) is 25.8 Å². The second kappa shape index (κ2) is 6.86. The van der Waals surface area contributed by atoms with Gasteiger partial charge in [0.1, 0.15) is 0 Å². The summed E-state index contributed by atoms with van der Waals surface area (Å²) in [5.41, 5.74) is 12.4. The summed E-state index contributed by atoms with van der Waals surface area (Å²) in [6.45, 7) is 4.87. The zero-order chi connectivity index (χ0) is 18.8. The van der Waals surface area contributed by atoms with Crippen LogP contribution in [0.5, 0.6) is 0 Å². The largest absolute Gasteiger partial charge is 0.476 e. The van der Waals surface area contributed by atoms with Gasteiger partial charge >= 0.3 is 5.97 Å². The Morgan fingerprint density at radius 2 is 2.00 bits per heavy atom. The van der Waals surface area contributed by atoms with Gasteiger partial charge in [0.15, 0.2) is 5.69 Å². The first-order valence-electron chi connectivity index (χ1n) is 8.13. The molecule has 0 atom stereocenters. The van der Waals surface area contributed by atoms with Crippen molar-refractivity contribution in [2.24, 2.45) is 5.73 Å². The van der Waals surface area contributed by atoms with Crippen LogP contribution in [0, 0.1) is 25.2 Å². The maximum Gasteiger partial charge on any atom is 0.356 e. The number of carbonyl (C=O) groups is 1. The van der Waals surface area contributed by atoms with Crippen molar-refractivity contribution in [2.45, 2.75) is 26.9 Å². The van der Waals surface area contributed by atoms with E-state index < -0.39 is 5.97 Å². The second-order valence-corrected chi connectivity index (χ2v) is 6.09. The van der Waals surface area contributed by atoms with Gasteiger partial charge in [0.05, 0.1) is 23.9 Å². The maximum atomic E-state index is 11.0. The fraction of sp³-hybridized carbons (Fsp3) is 0.211. The van der Waals surface area contributed by atoms with Gasteiger partial charge in [-0.15, -0.1) is 0 Å². The van der Waals surface area contributed by atoms with Crippen molar-refractivity contribution in [3.8, 4) is 17.2 Å². The molecule has 1 aromatic carbocycles. The van der Waals surface area contributed by atoms with E-state index in [0.717, 1.165) is 28.1 Å². The summed E-state index contributed by atoms with van der Waals surface area (Å²) in [5, 5.41) is 24.6. The lowest BCUT2D eigenvalue weighted by Crippen LogP contribution is -2.05. The van der Waals surface area contributed by atoms with Gasteiger partial charge in [-0.2, -0.15) is 10.4 Å². The molecule has 0 saturated heterocycles. The summed E-state index contributed by atoms with van der Waals surface area (Å²) in [5.74, 6) is -1.06. The molecule has 7 nitrogen and oxygen atoms in total. The number of aromatic carboxylic acids is 1. The minimum absolute atomic E-state index is 0.00572. The van der Waals surface area contributed by atoms with Crippen molar-refractivity contribution in [1.82, 2.24) is 14.8 Å². The van der Waals surface area contributed by atoms with Crippen LogP contribution in [0.25, 0.3) is 11.1 Å². The van der Waals surface area contributed by atoms with E-state index in [0.29, 0.717) is 24.3 Å². The van der Waals surface area contributed by atoms with Gasteiger partial charge in [-0.1, -0.05) is 12.1 Å². The standard InChI is InChI=1S/C19H19N5O2/c1-11-16(9-21)18(14-5-3-13(8-20)4-6-14)12(2)24(11)10-15-7-17(19(25)26)23-22-15/h3-7H,9-10,21H2,1-2H3,(H,22,23)(H,25,26). The molecule has 0 fully saturated rings. The quantitative estimate of drug-likeness (QED) is 0.654. The van der Waals surface area contributed by atoms with Gasteiger partial charge in [-0.05, 0) is 43.2 Å². The predicted molar refractivity (Wildman–Crippen MR) is 96.6 cm³/mol. The third-order valence-corrected chi connectivity index (χ3v) is 4.60. The molecule has 0 aliphatic rings. The van der Waals surface area contributed by atoms with Crippen molar-refractivity contribution >= 4 is 5.97 Å². The van der Waals surface area contributed by atoms with Crippen LogP contribution >= 0.6 is 0 Å². The van der Waals surface area contributed by atoms with E-state index in [-0.39, 0.29) is 5.69 Å². The third-order valence-electron chi connectivity index (χ3n) is 4.60. The summed E-state index contributed by atoms with van der Waals surface area (Å²) < 4.78 is 2.09. The molecule has 0 aliphatic carbocycles. The molecule has 0 unspecified atom stereocenters. The lowest BCUT2D eigenvalue weighted by molar-refractivity contribution is 0.0690. The molecule has 0 saturated carbocycles. The second-order valence-electron chi connectivity index (χ2n) is 6.09. The first-order valence-corrected chi connectivity index (χ1v) is 8.13. The fourth-order valence-corrected chi connectivity index (χ4v) is 3.25. The Bertz CT molecular complexity index is 1010. The lowest BCUT2D eigenvalue weighted by Gasteiger charge is -2.08. The number of aromatic nitrogens is 3. The molecule has 2 heterocycles. The molecule has 7 heteroatoms. The zero-order valence-corrected chi connectivity index (χ0v) is 14.6. The average Bonchev–Trinajstić information content (AvgIpc) is 3.20. The lowest BCUT2D eigenvalue weighted by atomic mass is 9.99. The molecule has 132 valence electrons. The number of nitrogens with zero attached hydrogens (tertiary/aromatic N) is 3. The topological polar surface area (TPSA) is 121 Å². The van der Waals surface area contributed by atoms with Crippen LogP contribution < -0.4 is 5.73 Å². The van der Waals surface area contributed by atoms with Crippen LogP contribution in [0.15, 0.2) is 30.3 Å². The molecule has 3 aromatic rings. The highest BCUT2D eigenvalue weighted by atomic mass is 16.4. The van der Waals surface area contributed by atoms with Gasteiger partial charge < -0.3 is 15.4 Å². The fourth-order valence-electron chi connectivity index (χ4n) is 3.25. The van der Waals surface area contributed by atoms with E-state index in [1.54, 1.807) is 12.1 Å². The average molecular weight is 349 g/mol. The molecule has 4 N–H and O–H groups in total. The number of aromatic amines is 1. The summed E-state index contributed by atoms with van der Waals surface area (Å²) in [6, 6.07) is 11.1. The number of hydrogen-bond donors (Lipinski definition) is 3. The van der Waals surface area contributed by atoms with Crippen molar-refractivity contribution in [3.63, 3.8) is 0 Å². The number of H-pyrrole nitrogens is 1. The highest BCUT2D eigenvalue weighted by Crippen LogP contribution is 2.32. The van der Waals surface area contributed by atoms with Gasteiger partial charge in [-0.3, -0.25) is 5.10 Å². The Kier molecular flexibility index (Phi) is 4.61. The summed E-state index contributed by atoms with van der Waals surface area (Å²) in [4.78, 5) is 11.0. The van der Waals surface area contributed by atoms with Gasteiger partial charge in [-0.25, -0.2) is 4.79 Å². The van der Waals surface area contributed by atoms with Crippen LogP contribution in [-0.2, 0) is 13.1 Å². The maximum absolute atomic E-state index is 11.0. The van der Waals surface area contributed by atoms with Crippen molar-refractivity contribution < 1.29 is 9.90 Å². The van der Waals surface area contributed by atoms with E-state index in [9.17, 15) is 4.79 Å². The number of nitrogens with one attached hydrogen (secondary N) is 1. The molecule has 0 radical (unpaired) electrons. The van der Waals surface area contributed by atoms with Gasteiger partial charge in [0.25, 0.3) is 0 Å². The monoisotopic (exact) mass is 349 g/mol. The Labute approximate surface area is 150 Å². The van der Waals surface area contributed by atoms with Crippen LogP contribution in [0.1, 0.15) is 38.7 Å². The summed E-state index contributed by atoms with van der Waals surface area (Å²) in [7, 11) is 0. The molecule has 2 aromatic heterocycles. The Hall–Kier alpha value is -3.37. The minimum Gasteiger partial charge on any atom is -0.476 e. The molecule has 0 amide bonds. The van der Waals surface area contributed by atoms with Crippen molar-refractivity contribution in [3.05, 3.63) is 64.2 Å². The highest BCUT2D eigenvalue weighted by Gasteiger charge is 2.19. The number of carboxylic acid groups (broad SMARTS) is 1. The SMILES string of the molecule is Cc1c(CN)c(-c2ccc(C#N)cc2)c(C)n1Cc1cc(C(=O)O)n[nH]1. The Morgan fingerprint density at radius 1 is 1.31 bits per heavy atom. The van der Waals surface area contributed by atoms with Gasteiger partial charge in [0, 0.05) is 23.5 Å². The van der Waals surface area contributed by atoms with E-state index in [1.165, 1.54) is 6.07 Å². The van der Waals surface area contributed by atoms with Gasteiger partial charge in [0.2, 0.25) is 0 Å². The van der Waals surface area contributed by atoms with Crippen molar-refractivity contribution in [2.75, 3.05) is 0 Å². The molecule has 0 aliphatic heterocycles. The van der Waals surface area contributed by atoms with Crippen LogP contribution in [0.4, 0.5) is 0 Å². The molecule has 0 spiro atoms. The van der Waals surface area contributed by atoms with Crippen LogP contribution in [0.2, 0.25) is 0 Å². The number of rotatable bonds is 5. The third kappa shape index (κ3) is 2.98.